The molecule has 1 rings (SSSR count). The highest BCUT2D eigenvalue weighted by Gasteiger charge is 2.29. The van der Waals surface area contributed by atoms with Crippen LogP contribution < -0.4 is 0 Å². The van der Waals surface area contributed by atoms with Crippen LogP contribution in [0.2, 0.25) is 0 Å². The minimum absolute atomic E-state index is 0.213. The van der Waals surface area contributed by atoms with Gasteiger partial charge in [-0.1, -0.05) is 5.11 Å². The Morgan fingerprint density at radius 3 is 3.06 bits per heavy atom. The molecule has 6 nitrogen and oxygen atoms in total. The van der Waals surface area contributed by atoms with Gasteiger partial charge in [-0.15, -0.1) is 0 Å². The van der Waals surface area contributed by atoms with E-state index in [4.69, 9.17) is 5.53 Å². The Kier molecular flexibility index (Phi) is 5.01. The second-order valence-corrected chi connectivity index (χ2v) is 3.82. The van der Waals surface area contributed by atoms with E-state index in [-0.39, 0.29) is 24.8 Å². The van der Waals surface area contributed by atoms with Crippen LogP contribution in [0.15, 0.2) is 5.11 Å². The number of likely N-dealkylation sites (tertiary alicyclic amines) is 1. The van der Waals surface area contributed by atoms with Crippen molar-refractivity contribution in [1.29, 1.82) is 0 Å². The van der Waals surface area contributed by atoms with Crippen molar-refractivity contribution >= 4 is 5.91 Å². The Morgan fingerprint density at radius 2 is 2.44 bits per heavy atom. The topological polar surface area (TPSA) is 89.3 Å². The van der Waals surface area contributed by atoms with Crippen LogP contribution in [0.3, 0.4) is 0 Å². The minimum Gasteiger partial charge on any atom is -0.393 e. The van der Waals surface area contributed by atoms with Crippen molar-refractivity contribution in [1.82, 2.24) is 4.90 Å². The fraction of sp³-hybridized carbons (Fsp3) is 0.889. The number of nitrogens with zero attached hydrogens (tertiary/aromatic N) is 4. The quantitative estimate of drug-likeness (QED) is 0.441. The number of piperidine rings is 1. The van der Waals surface area contributed by atoms with Crippen molar-refractivity contribution in [2.45, 2.75) is 18.9 Å². The molecule has 0 aromatic rings. The van der Waals surface area contributed by atoms with E-state index in [0.29, 0.717) is 19.5 Å². The summed E-state index contributed by atoms with van der Waals surface area (Å²) >= 11 is 0. The molecule has 1 fully saturated rings. The van der Waals surface area contributed by atoms with Crippen molar-refractivity contribution in [2.75, 3.05) is 26.3 Å². The Hall–Kier alpha value is -1.33. The van der Waals surface area contributed by atoms with Gasteiger partial charge >= 0.3 is 0 Å². The largest absolute Gasteiger partial charge is 0.393 e. The first-order valence-electron chi connectivity index (χ1n) is 5.21. The maximum Gasteiger partial charge on any atom is 0.228 e. The van der Waals surface area contributed by atoms with Crippen molar-refractivity contribution in [3.05, 3.63) is 10.4 Å². The summed E-state index contributed by atoms with van der Waals surface area (Å²) in [6.45, 7) is 0.0592. The molecule has 1 saturated heterocycles. The molecular formula is C9H15FN4O2. The van der Waals surface area contributed by atoms with Crippen molar-refractivity contribution in [3.8, 4) is 0 Å². The first-order valence-corrected chi connectivity index (χ1v) is 5.21. The van der Waals surface area contributed by atoms with Gasteiger partial charge in [0.25, 0.3) is 0 Å². The zero-order valence-electron chi connectivity index (χ0n) is 8.92. The van der Waals surface area contributed by atoms with Crippen LogP contribution in [-0.2, 0) is 4.79 Å². The lowest BCUT2D eigenvalue weighted by Gasteiger charge is -2.35. The molecule has 7 heteroatoms. The molecule has 1 aliphatic rings. The molecule has 0 radical (unpaired) electrons. The monoisotopic (exact) mass is 230 g/mol. The lowest BCUT2D eigenvalue weighted by Crippen LogP contribution is -2.46. The number of halogens is 1. The smallest absolute Gasteiger partial charge is 0.228 e. The molecule has 1 heterocycles. The molecule has 1 amide bonds. The lowest BCUT2D eigenvalue weighted by atomic mass is 9.92. The van der Waals surface area contributed by atoms with Gasteiger partial charge in [-0.2, -0.15) is 0 Å². The van der Waals surface area contributed by atoms with Crippen LogP contribution in [0.25, 0.3) is 10.4 Å². The van der Waals surface area contributed by atoms with E-state index in [1.807, 2.05) is 0 Å². The van der Waals surface area contributed by atoms with Gasteiger partial charge < -0.3 is 10.0 Å². The number of aliphatic hydroxyl groups is 1. The molecular weight excluding hydrogens is 215 g/mol. The summed E-state index contributed by atoms with van der Waals surface area (Å²) in [5.74, 6) is -0.484. The summed E-state index contributed by atoms with van der Waals surface area (Å²) in [6.07, 6.45) is 0.165. The maximum absolute atomic E-state index is 12.2. The number of aliphatic hydroxyl groups excluding tert-OH is 1. The molecule has 2 atom stereocenters. The third kappa shape index (κ3) is 3.36. The number of azide groups is 1. The number of hydrogen-bond acceptors (Lipinski definition) is 3. The highest BCUT2D eigenvalue weighted by Crippen LogP contribution is 2.20. The van der Waals surface area contributed by atoms with Gasteiger partial charge in [0.05, 0.1) is 12.8 Å². The van der Waals surface area contributed by atoms with Gasteiger partial charge in [-0.05, 0) is 18.4 Å². The van der Waals surface area contributed by atoms with Crippen molar-refractivity contribution < 1.29 is 14.3 Å². The maximum atomic E-state index is 12.2. The minimum atomic E-state index is -0.542. The first kappa shape index (κ1) is 12.7. The van der Waals surface area contributed by atoms with E-state index >= 15 is 0 Å². The van der Waals surface area contributed by atoms with E-state index < -0.39 is 12.8 Å². The highest BCUT2D eigenvalue weighted by atomic mass is 19.1. The number of amides is 1. The predicted octanol–water partition coefficient (Wildman–Crippen LogP) is 0.866. The summed E-state index contributed by atoms with van der Waals surface area (Å²) in [7, 11) is 0. The summed E-state index contributed by atoms with van der Waals surface area (Å²) < 4.78 is 12.2. The third-order valence-electron chi connectivity index (χ3n) is 2.80. The van der Waals surface area contributed by atoms with E-state index in [9.17, 15) is 14.3 Å². The van der Waals surface area contributed by atoms with Gasteiger partial charge in [-0.25, -0.2) is 0 Å². The summed E-state index contributed by atoms with van der Waals surface area (Å²) in [4.78, 5) is 15.5. The average molecular weight is 230 g/mol. The standard InChI is InChI=1S/C9H15FN4O2/c10-3-1-7-6-14(4-2-8(7)15)9(16)5-12-13-11/h7-8,15H,1-6H2/t7-,8+/m1/s1. The predicted molar refractivity (Wildman–Crippen MR) is 55.3 cm³/mol. The molecule has 0 aliphatic carbocycles. The highest BCUT2D eigenvalue weighted by molar-refractivity contribution is 5.78. The van der Waals surface area contributed by atoms with Crippen LogP contribution in [0.4, 0.5) is 4.39 Å². The summed E-state index contributed by atoms with van der Waals surface area (Å²) in [5, 5.41) is 12.8. The fourth-order valence-corrected chi connectivity index (χ4v) is 1.86. The third-order valence-corrected chi connectivity index (χ3v) is 2.80. The van der Waals surface area contributed by atoms with Gasteiger partial charge in [0.2, 0.25) is 5.91 Å². The number of carbonyl (C=O) groups is 1. The molecule has 0 unspecified atom stereocenters. The normalized spacial score (nSPS) is 25.0. The average Bonchev–Trinajstić information content (AvgIpc) is 2.29. The van der Waals surface area contributed by atoms with E-state index in [1.54, 1.807) is 0 Å². The second kappa shape index (κ2) is 6.30. The Labute approximate surface area is 92.7 Å². The van der Waals surface area contributed by atoms with Crippen LogP contribution in [-0.4, -0.2) is 48.3 Å². The van der Waals surface area contributed by atoms with E-state index in [2.05, 4.69) is 10.0 Å². The Bertz CT molecular complexity index is 293. The van der Waals surface area contributed by atoms with Crippen LogP contribution in [0, 0.1) is 5.92 Å². The van der Waals surface area contributed by atoms with Gasteiger partial charge in [-0.3, -0.25) is 9.18 Å². The van der Waals surface area contributed by atoms with Gasteiger partial charge in [0.15, 0.2) is 0 Å². The van der Waals surface area contributed by atoms with Crippen LogP contribution in [0.1, 0.15) is 12.8 Å². The molecule has 1 N–H and O–H groups in total. The number of hydrogen-bond donors (Lipinski definition) is 1. The fourth-order valence-electron chi connectivity index (χ4n) is 1.86. The van der Waals surface area contributed by atoms with Crippen LogP contribution in [0.5, 0.6) is 0 Å². The van der Waals surface area contributed by atoms with Gasteiger partial charge in [0.1, 0.15) is 6.54 Å². The molecule has 1 aliphatic heterocycles. The molecule has 0 aromatic heterocycles. The summed E-state index contributed by atoms with van der Waals surface area (Å²) in [5.41, 5.74) is 8.09. The van der Waals surface area contributed by atoms with Crippen molar-refractivity contribution in [2.24, 2.45) is 11.0 Å². The Morgan fingerprint density at radius 1 is 1.69 bits per heavy atom. The molecule has 0 bridgehead atoms. The van der Waals surface area contributed by atoms with Crippen LogP contribution >= 0.6 is 0 Å². The molecule has 0 saturated carbocycles. The number of alkyl halides is 1. The lowest BCUT2D eigenvalue weighted by molar-refractivity contribution is -0.133. The van der Waals surface area contributed by atoms with E-state index in [1.165, 1.54) is 4.90 Å². The Balaban J connectivity index is 2.50. The SMILES string of the molecule is [N-]=[N+]=NCC(=O)N1CC[C@H](O)[C@H](CCF)C1. The van der Waals surface area contributed by atoms with E-state index in [0.717, 1.165) is 0 Å². The molecule has 90 valence electrons. The molecule has 0 aromatic carbocycles. The summed E-state index contributed by atoms with van der Waals surface area (Å²) in [6, 6.07) is 0. The number of rotatable bonds is 4. The molecule has 16 heavy (non-hydrogen) atoms. The first-order chi connectivity index (χ1) is 7.69. The number of carbonyl (C=O) groups excluding carboxylic acids is 1. The molecule has 0 spiro atoms. The van der Waals surface area contributed by atoms with Crippen molar-refractivity contribution in [3.63, 3.8) is 0 Å². The second-order valence-electron chi connectivity index (χ2n) is 3.82. The zero-order chi connectivity index (χ0) is 12.0. The zero-order valence-corrected chi connectivity index (χ0v) is 8.92. The van der Waals surface area contributed by atoms with Gasteiger partial charge in [0, 0.05) is 23.9 Å².